The molecule has 1 aromatic carbocycles. The normalized spacial score (nSPS) is 29.1. The van der Waals surface area contributed by atoms with Crippen molar-refractivity contribution in [3.63, 3.8) is 0 Å². The molecule has 4 aliphatic rings. The molecule has 5 nitrogen and oxygen atoms in total. The smallest absolute Gasteiger partial charge is 0.227 e. The number of fused-ring (bicyclic) bond motifs is 1. The van der Waals surface area contributed by atoms with Gasteiger partial charge >= 0.3 is 0 Å². The molecular weight excluding hydrogens is 316 g/mol. The lowest BCUT2D eigenvalue weighted by Crippen LogP contribution is -2.38. The van der Waals surface area contributed by atoms with Crippen molar-refractivity contribution in [2.75, 3.05) is 31.1 Å². The van der Waals surface area contributed by atoms with Gasteiger partial charge in [0.05, 0.1) is 0 Å². The van der Waals surface area contributed by atoms with Crippen molar-refractivity contribution < 1.29 is 14.3 Å². The molecular formula is C20H26N2O3. The van der Waals surface area contributed by atoms with E-state index in [1.165, 1.54) is 12.8 Å². The van der Waals surface area contributed by atoms with E-state index in [4.69, 9.17) is 9.47 Å². The summed E-state index contributed by atoms with van der Waals surface area (Å²) >= 11 is 0. The van der Waals surface area contributed by atoms with Crippen molar-refractivity contribution in [3.05, 3.63) is 18.2 Å². The molecule has 2 saturated heterocycles. The van der Waals surface area contributed by atoms with Crippen LogP contribution in [-0.4, -0.2) is 38.3 Å². The maximum Gasteiger partial charge on any atom is 0.227 e. The first-order chi connectivity index (χ1) is 12.1. The second-order valence-corrected chi connectivity index (χ2v) is 8.61. The van der Waals surface area contributed by atoms with E-state index >= 15 is 0 Å². The molecule has 1 amide bonds. The van der Waals surface area contributed by atoms with Crippen molar-refractivity contribution in [1.82, 2.24) is 5.32 Å². The Balaban J connectivity index is 1.36. The Hall–Kier alpha value is -1.75. The average molecular weight is 342 g/mol. The molecule has 5 heteroatoms. The van der Waals surface area contributed by atoms with E-state index in [2.05, 4.69) is 12.2 Å². The van der Waals surface area contributed by atoms with Crippen LogP contribution in [0.25, 0.3) is 0 Å². The van der Waals surface area contributed by atoms with E-state index < -0.39 is 0 Å². The van der Waals surface area contributed by atoms with Gasteiger partial charge in [-0.3, -0.25) is 4.79 Å². The molecule has 0 aromatic heterocycles. The zero-order valence-electron chi connectivity index (χ0n) is 14.8. The lowest BCUT2D eigenvalue weighted by atomic mass is 9.78. The summed E-state index contributed by atoms with van der Waals surface area (Å²) in [7, 11) is 0. The minimum absolute atomic E-state index is 0.150. The third-order valence-corrected chi connectivity index (χ3v) is 6.70. The Kier molecular flexibility index (Phi) is 3.33. The van der Waals surface area contributed by atoms with Crippen LogP contribution in [0.5, 0.6) is 11.5 Å². The predicted octanol–water partition coefficient (Wildman–Crippen LogP) is 2.73. The number of anilines is 1. The number of piperidine rings is 1. The van der Waals surface area contributed by atoms with Gasteiger partial charge in [0.2, 0.25) is 5.91 Å². The Morgan fingerprint density at radius 2 is 1.96 bits per heavy atom. The van der Waals surface area contributed by atoms with Gasteiger partial charge in [-0.25, -0.2) is 0 Å². The van der Waals surface area contributed by atoms with Gasteiger partial charge < -0.3 is 19.7 Å². The quantitative estimate of drug-likeness (QED) is 0.898. The maximum absolute atomic E-state index is 12.6. The van der Waals surface area contributed by atoms with E-state index in [0.717, 1.165) is 49.7 Å². The molecule has 1 N–H and O–H groups in total. The predicted molar refractivity (Wildman–Crippen MR) is 95.2 cm³/mol. The van der Waals surface area contributed by atoms with E-state index in [9.17, 15) is 4.79 Å². The summed E-state index contributed by atoms with van der Waals surface area (Å²) in [6.07, 6.45) is 5.42. The molecule has 1 saturated carbocycles. The van der Waals surface area contributed by atoms with Gasteiger partial charge in [0.25, 0.3) is 0 Å². The molecule has 1 atom stereocenters. The van der Waals surface area contributed by atoms with Crippen molar-refractivity contribution in [2.45, 2.75) is 45.1 Å². The summed E-state index contributed by atoms with van der Waals surface area (Å²) < 4.78 is 12.2. The van der Waals surface area contributed by atoms with E-state index in [1.54, 1.807) is 0 Å². The summed E-state index contributed by atoms with van der Waals surface area (Å²) in [5.74, 6) is 1.83. The lowest BCUT2D eigenvalue weighted by molar-refractivity contribution is -0.117. The second kappa shape index (κ2) is 5.37. The maximum atomic E-state index is 12.6. The van der Waals surface area contributed by atoms with Crippen LogP contribution < -0.4 is 19.7 Å². The van der Waals surface area contributed by atoms with Crippen LogP contribution >= 0.6 is 0 Å². The van der Waals surface area contributed by atoms with Crippen LogP contribution in [0, 0.1) is 10.8 Å². The molecule has 1 aromatic rings. The zero-order chi connectivity index (χ0) is 17.1. The van der Waals surface area contributed by atoms with Crippen LogP contribution in [0.2, 0.25) is 0 Å². The molecule has 1 spiro atoms. The lowest BCUT2D eigenvalue weighted by Gasteiger charge is -2.33. The Labute approximate surface area is 148 Å². The number of carbonyl (C=O) groups excluding carboxylic acids is 1. The molecule has 134 valence electrons. The summed E-state index contributed by atoms with van der Waals surface area (Å²) in [6, 6.07) is 5.97. The number of benzene rings is 1. The summed E-state index contributed by atoms with van der Waals surface area (Å²) in [4.78, 5) is 14.6. The topological polar surface area (TPSA) is 50.8 Å². The third-order valence-electron chi connectivity index (χ3n) is 6.70. The number of hydrogen-bond donors (Lipinski definition) is 1. The number of nitrogens with one attached hydrogen (secondary N) is 1. The van der Waals surface area contributed by atoms with Gasteiger partial charge in [0.1, 0.15) is 12.7 Å². The van der Waals surface area contributed by atoms with Gasteiger partial charge in [-0.2, -0.15) is 0 Å². The molecule has 0 radical (unpaired) electrons. The summed E-state index contributed by atoms with van der Waals surface area (Å²) in [5, 5.41) is 3.40. The Bertz CT molecular complexity index is 707. The van der Waals surface area contributed by atoms with Crippen LogP contribution in [0.15, 0.2) is 18.2 Å². The minimum Gasteiger partial charge on any atom is -0.486 e. The molecule has 3 aliphatic heterocycles. The van der Waals surface area contributed by atoms with Gasteiger partial charge in [-0.15, -0.1) is 0 Å². The molecule has 1 unspecified atom stereocenters. The van der Waals surface area contributed by atoms with Gasteiger partial charge in [-0.1, -0.05) is 6.92 Å². The first-order valence-electron chi connectivity index (χ1n) is 9.52. The van der Waals surface area contributed by atoms with Crippen molar-refractivity contribution in [3.8, 4) is 11.5 Å². The molecule has 3 fully saturated rings. The molecule has 5 rings (SSSR count). The summed E-state index contributed by atoms with van der Waals surface area (Å²) in [6.45, 7) is 5.73. The number of ether oxygens (including phenoxy) is 2. The molecule has 1 aliphatic carbocycles. The van der Waals surface area contributed by atoms with Crippen molar-refractivity contribution >= 4 is 11.6 Å². The highest BCUT2D eigenvalue weighted by Crippen LogP contribution is 2.52. The van der Waals surface area contributed by atoms with Crippen molar-refractivity contribution in [2.24, 2.45) is 10.8 Å². The highest BCUT2D eigenvalue weighted by molar-refractivity contribution is 5.96. The van der Waals surface area contributed by atoms with E-state index in [1.807, 2.05) is 23.1 Å². The Morgan fingerprint density at radius 1 is 1.16 bits per heavy atom. The van der Waals surface area contributed by atoms with Gasteiger partial charge in [0, 0.05) is 30.1 Å². The molecule has 3 heterocycles. The highest BCUT2D eigenvalue weighted by Gasteiger charge is 2.48. The number of nitrogens with zero attached hydrogens (tertiary/aromatic N) is 1. The fraction of sp³-hybridized carbons (Fsp3) is 0.650. The number of amides is 1. The van der Waals surface area contributed by atoms with E-state index in [0.29, 0.717) is 13.0 Å². The fourth-order valence-corrected chi connectivity index (χ4v) is 4.51. The SMILES string of the molecule is CC1(C2COc3cc(N4CC5(CCNCC5)CC4=O)ccc3O2)CC1. The largest absolute Gasteiger partial charge is 0.486 e. The van der Waals surface area contributed by atoms with Gasteiger partial charge in [-0.05, 0) is 56.3 Å². The first kappa shape index (κ1) is 15.5. The zero-order valence-corrected chi connectivity index (χ0v) is 14.8. The fourth-order valence-electron chi connectivity index (χ4n) is 4.51. The van der Waals surface area contributed by atoms with Crippen LogP contribution in [0.4, 0.5) is 5.69 Å². The van der Waals surface area contributed by atoms with E-state index in [-0.39, 0.29) is 22.8 Å². The number of carbonyl (C=O) groups is 1. The van der Waals surface area contributed by atoms with Gasteiger partial charge in [0.15, 0.2) is 11.5 Å². The monoisotopic (exact) mass is 342 g/mol. The molecule has 0 bridgehead atoms. The standard InChI is InChI=1S/C20H26N2O3/c1-19(4-5-19)17-12-24-16-10-14(2-3-15(16)25-17)22-13-20(11-18(22)23)6-8-21-9-7-20/h2-3,10,17,21H,4-9,11-13H2,1H3. The number of hydrogen-bond acceptors (Lipinski definition) is 4. The first-order valence-corrected chi connectivity index (χ1v) is 9.52. The Morgan fingerprint density at radius 3 is 2.72 bits per heavy atom. The van der Waals surface area contributed by atoms with Crippen LogP contribution in [0.1, 0.15) is 39.0 Å². The van der Waals surface area contributed by atoms with Crippen LogP contribution in [-0.2, 0) is 4.79 Å². The molecule has 25 heavy (non-hydrogen) atoms. The highest BCUT2D eigenvalue weighted by atomic mass is 16.6. The average Bonchev–Trinajstić information content (AvgIpc) is 3.30. The van der Waals surface area contributed by atoms with Crippen molar-refractivity contribution in [1.29, 1.82) is 0 Å². The van der Waals surface area contributed by atoms with Crippen LogP contribution in [0.3, 0.4) is 0 Å². The summed E-state index contributed by atoms with van der Waals surface area (Å²) in [5.41, 5.74) is 1.38. The minimum atomic E-state index is 0.150. The second-order valence-electron chi connectivity index (χ2n) is 8.61. The number of rotatable bonds is 2. The third kappa shape index (κ3) is 2.60.